The van der Waals surface area contributed by atoms with Gasteiger partial charge < -0.3 is 5.11 Å². The van der Waals surface area contributed by atoms with Gasteiger partial charge in [0, 0.05) is 17.9 Å². The Bertz CT molecular complexity index is 263. The van der Waals surface area contributed by atoms with Gasteiger partial charge >= 0.3 is 0 Å². The first-order valence-electron chi connectivity index (χ1n) is 6.06. The lowest BCUT2D eigenvalue weighted by atomic mass is 9.47. The molecule has 4 fully saturated rings. The van der Waals surface area contributed by atoms with Crippen LogP contribution in [0.3, 0.4) is 0 Å². The van der Waals surface area contributed by atoms with E-state index >= 15 is 0 Å². The standard InChI is InChI=1S/C12H18F2O/c13-12(14)10-4-8-3-9(5-10)7-11(12,6-8)1-2-15/h8-10,15H,1-7H2/t8-,9-,10?,11?/m1/s1. The van der Waals surface area contributed by atoms with Gasteiger partial charge in [0.05, 0.1) is 0 Å². The van der Waals surface area contributed by atoms with Crippen LogP contribution in [-0.2, 0) is 0 Å². The fraction of sp³-hybridized carbons (Fsp3) is 1.00. The predicted octanol–water partition coefficient (Wildman–Crippen LogP) is 2.83. The molecule has 0 radical (unpaired) electrons. The summed E-state index contributed by atoms with van der Waals surface area (Å²) in [6.07, 6.45) is 4.26. The van der Waals surface area contributed by atoms with Crippen molar-refractivity contribution in [2.45, 2.75) is 44.4 Å². The molecule has 3 heteroatoms. The largest absolute Gasteiger partial charge is 0.396 e. The lowest BCUT2D eigenvalue weighted by Crippen LogP contribution is -2.60. The Balaban J connectivity index is 1.97. The second-order valence-electron chi connectivity index (χ2n) is 5.92. The highest BCUT2D eigenvalue weighted by molar-refractivity contribution is 5.10. The Labute approximate surface area is 88.9 Å². The van der Waals surface area contributed by atoms with Crippen LogP contribution in [0.4, 0.5) is 8.78 Å². The minimum Gasteiger partial charge on any atom is -0.396 e. The zero-order valence-corrected chi connectivity index (χ0v) is 8.88. The van der Waals surface area contributed by atoms with Gasteiger partial charge in [-0.15, -0.1) is 0 Å². The van der Waals surface area contributed by atoms with Crippen molar-refractivity contribution in [1.29, 1.82) is 0 Å². The third-order valence-electron chi connectivity index (χ3n) is 5.07. The summed E-state index contributed by atoms with van der Waals surface area (Å²) in [5.74, 6) is -1.85. The molecule has 0 aliphatic heterocycles. The van der Waals surface area contributed by atoms with Crippen LogP contribution in [-0.4, -0.2) is 17.6 Å². The van der Waals surface area contributed by atoms with Gasteiger partial charge in [0.25, 0.3) is 5.92 Å². The fourth-order valence-corrected chi connectivity index (χ4v) is 4.67. The molecular formula is C12H18F2O. The molecule has 0 aromatic heterocycles. The van der Waals surface area contributed by atoms with Gasteiger partial charge in [-0.2, -0.15) is 0 Å². The molecule has 2 atom stereocenters. The highest BCUT2D eigenvalue weighted by atomic mass is 19.3. The molecule has 4 bridgehead atoms. The Morgan fingerprint density at radius 1 is 1.07 bits per heavy atom. The maximum atomic E-state index is 14.2. The SMILES string of the molecule is OCCC12C[C@H]3CC(C[C@@H](C3)C1)C2(F)F. The van der Waals surface area contributed by atoms with Gasteiger partial charge in [-0.3, -0.25) is 0 Å². The Morgan fingerprint density at radius 2 is 1.67 bits per heavy atom. The number of hydrogen-bond acceptors (Lipinski definition) is 1. The normalized spacial score (nSPS) is 51.0. The van der Waals surface area contributed by atoms with Crippen LogP contribution < -0.4 is 0 Å². The number of halogens is 2. The molecule has 0 amide bonds. The molecular weight excluding hydrogens is 198 g/mol. The summed E-state index contributed by atoms with van der Waals surface area (Å²) >= 11 is 0. The summed E-state index contributed by atoms with van der Waals surface area (Å²) in [4.78, 5) is 0. The van der Waals surface area contributed by atoms with Crippen molar-refractivity contribution in [3.63, 3.8) is 0 Å². The first-order chi connectivity index (χ1) is 7.07. The molecule has 1 N–H and O–H groups in total. The average Bonchev–Trinajstić information content (AvgIpc) is 2.14. The summed E-state index contributed by atoms with van der Waals surface area (Å²) < 4.78 is 28.5. The molecule has 4 aliphatic rings. The summed E-state index contributed by atoms with van der Waals surface area (Å²) in [7, 11) is 0. The van der Waals surface area contributed by atoms with Crippen LogP contribution in [0.25, 0.3) is 0 Å². The maximum Gasteiger partial charge on any atom is 0.256 e. The van der Waals surface area contributed by atoms with Gasteiger partial charge in [-0.25, -0.2) is 8.78 Å². The monoisotopic (exact) mass is 216 g/mol. The number of hydrogen-bond donors (Lipinski definition) is 1. The fourth-order valence-electron chi connectivity index (χ4n) is 4.67. The smallest absolute Gasteiger partial charge is 0.256 e. The van der Waals surface area contributed by atoms with E-state index in [2.05, 4.69) is 0 Å². The van der Waals surface area contributed by atoms with Crippen molar-refractivity contribution in [1.82, 2.24) is 0 Å². The van der Waals surface area contributed by atoms with E-state index in [4.69, 9.17) is 5.11 Å². The van der Waals surface area contributed by atoms with Gasteiger partial charge in [0.1, 0.15) is 0 Å². The van der Waals surface area contributed by atoms with Gasteiger partial charge in [-0.05, 0) is 50.4 Å². The van der Waals surface area contributed by atoms with Crippen molar-refractivity contribution in [3.05, 3.63) is 0 Å². The lowest BCUT2D eigenvalue weighted by molar-refractivity contribution is -0.260. The number of aliphatic hydroxyl groups is 1. The van der Waals surface area contributed by atoms with E-state index < -0.39 is 11.3 Å². The minimum atomic E-state index is -2.51. The van der Waals surface area contributed by atoms with Crippen molar-refractivity contribution in [2.75, 3.05) is 6.61 Å². The molecule has 0 unspecified atom stereocenters. The van der Waals surface area contributed by atoms with Crippen molar-refractivity contribution >= 4 is 0 Å². The molecule has 0 spiro atoms. The molecule has 0 aromatic carbocycles. The highest BCUT2D eigenvalue weighted by Gasteiger charge is 2.66. The lowest BCUT2D eigenvalue weighted by Gasteiger charge is -2.60. The van der Waals surface area contributed by atoms with Crippen molar-refractivity contribution < 1.29 is 13.9 Å². The topological polar surface area (TPSA) is 20.2 Å². The second-order valence-corrected chi connectivity index (χ2v) is 5.92. The molecule has 15 heavy (non-hydrogen) atoms. The van der Waals surface area contributed by atoms with Crippen molar-refractivity contribution in [2.24, 2.45) is 23.2 Å². The van der Waals surface area contributed by atoms with E-state index in [1.807, 2.05) is 0 Å². The second kappa shape index (κ2) is 2.93. The molecule has 0 saturated heterocycles. The zero-order valence-electron chi connectivity index (χ0n) is 8.88. The number of alkyl halides is 2. The Kier molecular flexibility index (Phi) is 1.96. The average molecular weight is 216 g/mol. The summed E-state index contributed by atoms with van der Waals surface area (Å²) in [5.41, 5.74) is -0.837. The van der Waals surface area contributed by atoms with Gasteiger partial charge in [-0.1, -0.05) is 0 Å². The molecule has 0 heterocycles. The van der Waals surface area contributed by atoms with Crippen LogP contribution in [0, 0.1) is 23.2 Å². The summed E-state index contributed by atoms with van der Waals surface area (Å²) in [5, 5.41) is 9.03. The molecule has 86 valence electrons. The molecule has 1 nitrogen and oxygen atoms in total. The first-order valence-corrected chi connectivity index (χ1v) is 6.06. The molecule has 4 aliphatic carbocycles. The summed E-state index contributed by atoms with van der Waals surface area (Å²) in [6.45, 7) is -0.0816. The third kappa shape index (κ3) is 1.16. The van der Waals surface area contributed by atoms with Gasteiger partial charge in [0.2, 0.25) is 0 Å². The predicted molar refractivity (Wildman–Crippen MR) is 52.6 cm³/mol. The van der Waals surface area contributed by atoms with Crippen LogP contribution in [0.15, 0.2) is 0 Å². The van der Waals surface area contributed by atoms with Crippen molar-refractivity contribution in [3.8, 4) is 0 Å². The van der Waals surface area contributed by atoms with Crippen LogP contribution in [0.2, 0.25) is 0 Å². The first kappa shape index (κ1) is 10.0. The Hall–Kier alpha value is -0.180. The molecule has 0 aromatic rings. The number of rotatable bonds is 2. The maximum absolute atomic E-state index is 14.2. The minimum absolute atomic E-state index is 0.0816. The van der Waals surface area contributed by atoms with E-state index in [1.165, 1.54) is 6.42 Å². The third-order valence-corrected chi connectivity index (χ3v) is 5.07. The Morgan fingerprint density at radius 3 is 2.20 bits per heavy atom. The van der Waals surface area contributed by atoms with E-state index in [0.29, 0.717) is 31.1 Å². The summed E-state index contributed by atoms with van der Waals surface area (Å²) in [6, 6.07) is 0. The van der Waals surface area contributed by atoms with Crippen LogP contribution >= 0.6 is 0 Å². The zero-order chi connectivity index (χ0) is 10.7. The van der Waals surface area contributed by atoms with Crippen LogP contribution in [0.1, 0.15) is 38.5 Å². The quantitative estimate of drug-likeness (QED) is 0.752. The highest BCUT2D eigenvalue weighted by Crippen LogP contribution is 2.67. The van der Waals surface area contributed by atoms with E-state index in [1.54, 1.807) is 0 Å². The number of aliphatic hydroxyl groups excluding tert-OH is 1. The van der Waals surface area contributed by atoms with Gasteiger partial charge in [0.15, 0.2) is 0 Å². The van der Waals surface area contributed by atoms with E-state index in [9.17, 15) is 8.78 Å². The van der Waals surface area contributed by atoms with E-state index in [0.717, 1.165) is 12.8 Å². The molecule has 4 rings (SSSR count). The van der Waals surface area contributed by atoms with E-state index in [-0.39, 0.29) is 12.5 Å². The van der Waals surface area contributed by atoms with Crippen LogP contribution in [0.5, 0.6) is 0 Å². The molecule has 4 saturated carbocycles.